The van der Waals surface area contributed by atoms with Crippen molar-refractivity contribution in [3.05, 3.63) is 96.2 Å². The summed E-state index contributed by atoms with van der Waals surface area (Å²) in [6.45, 7) is 1.53. The Morgan fingerprint density at radius 1 is 0.900 bits per heavy atom. The molecule has 4 aromatic rings. The van der Waals surface area contributed by atoms with Gasteiger partial charge in [0.05, 0.1) is 0 Å². The SMILES string of the molecule is CC(=O)N(C)c1ccc(NC(C(=O)c2c[nH]c3ccccc23)c2ccccc2)cc1. The van der Waals surface area contributed by atoms with Gasteiger partial charge in [0.25, 0.3) is 0 Å². The first-order valence-electron chi connectivity index (χ1n) is 9.81. The van der Waals surface area contributed by atoms with E-state index in [-0.39, 0.29) is 11.7 Å². The minimum absolute atomic E-state index is 0.0106. The topological polar surface area (TPSA) is 65.2 Å². The van der Waals surface area contributed by atoms with Crippen molar-refractivity contribution in [1.82, 2.24) is 4.98 Å². The molecule has 3 aromatic carbocycles. The van der Waals surface area contributed by atoms with Gasteiger partial charge in [-0.3, -0.25) is 9.59 Å². The number of rotatable bonds is 6. The maximum atomic E-state index is 13.6. The third-order valence-electron chi connectivity index (χ3n) is 5.29. The van der Waals surface area contributed by atoms with E-state index in [1.54, 1.807) is 18.1 Å². The van der Waals surface area contributed by atoms with Crippen LogP contribution in [-0.2, 0) is 4.79 Å². The molecule has 0 radical (unpaired) electrons. The number of para-hydroxylation sites is 1. The van der Waals surface area contributed by atoms with Crippen molar-refractivity contribution in [2.24, 2.45) is 0 Å². The van der Waals surface area contributed by atoms with E-state index in [1.807, 2.05) is 78.9 Å². The van der Waals surface area contributed by atoms with E-state index in [0.717, 1.165) is 27.8 Å². The lowest BCUT2D eigenvalue weighted by atomic mass is 9.96. The number of Topliss-reactive ketones (excluding diaryl/α,β-unsaturated/α-hetero) is 1. The number of nitrogens with zero attached hydrogens (tertiary/aromatic N) is 1. The van der Waals surface area contributed by atoms with Gasteiger partial charge in [-0.05, 0) is 35.9 Å². The van der Waals surface area contributed by atoms with Gasteiger partial charge in [0, 0.05) is 48.0 Å². The maximum Gasteiger partial charge on any atom is 0.223 e. The van der Waals surface area contributed by atoms with Crippen LogP contribution in [0.15, 0.2) is 85.1 Å². The second-order valence-corrected chi connectivity index (χ2v) is 7.23. The highest BCUT2D eigenvalue weighted by molar-refractivity contribution is 6.11. The minimum Gasteiger partial charge on any atom is -0.371 e. The molecule has 5 heteroatoms. The summed E-state index contributed by atoms with van der Waals surface area (Å²) in [5.41, 5.74) is 4.08. The van der Waals surface area contributed by atoms with Crippen LogP contribution in [-0.4, -0.2) is 23.7 Å². The number of carbonyl (C=O) groups is 2. The van der Waals surface area contributed by atoms with Crippen molar-refractivity contribution in [3.63, 3.8) is 0 Å². The monoisotopic (exact) mass is 397 g/mol. The van der Waals surface area contributed by atoms with E-state index in [9.17, 15) is 9.59 Å². The van der Waals surface area contributed by atoms with Gasteiger partial charge < -0.3 is 15.2 Å². The van der Waals surface area contributed by atoms with Crippen LogP contribution in [0.1, 0.15) is 28.9 Å². The van der Waals surface area contributed by atoms with Crippen LogP contribution in [0.2, 0.25) is 0 Å². The fraction of sp³-hybridized carbons (Fsp3) is 0.120. The molecule has 4 rings (SSSR count). The van der Waals surface area contributed by atoms with Gasteiger partial charge >= 0.3 is 0 Å². The van der Waals surface area contributed by atoms with E-state index >= 15 is 0 Å². The molecule has 0 saturated carbocycles. The van der Waals surface area contributed by atoms with E-state index in [0.29, 0.717) is 5.56 Å². The number of benzene rings is 3. The standard InChI is InChI=1S/C25H23N3O2/c1-17(29)28(2)20-14-12-19(13-15-20)27-24(18-8-4-3-5-9-18)25(30)22-16-26-23-11-7-6-10-21(22)23/h3-16,24,26-27H,1-2H3. The number of anilines is 2. The lowest BCUT2D eigenvalue weighted by molar-refractivity contribution is -0.116. The molecule has 1 aromatic heterocycles. The number of nitrogens with one attached hydrogen (secondary N) is 2. The lowest BCUT2D eigenvalue weighted by Gasteiger charge is -2.20. The molecule has 2 N–H and O–H groups in total. The Labute approximate surface area is 175 Å². The van der Waals surface area contributed by atoms with Gasteiger partial charge in [0.2, 0.25) is 5.91 Å². The van der Waals surface area contributed by atoms with Crippen molar-refractivity contribution < 1.29 is 9.59 Å². The zero-order chi connectivity index (χ0) is 21.1. The molecule has 0 spiro atoms. The number of hydrogen-bond acceptors (Lipinski definition) is 3. The average molecular weight is 397 g/mol. The first kappa shape index (κ1) is 19.5. The smallest absolute Gasteiger partial charge is 0.223 e. The van der Waals surface area contributed by atoms with Gasteiger partial charge in [-0.1, -0.05) is 48.5 Å². The van der Waals surface area contributed by atoms with Crippen LogP contribution in [0, 0.1) is 0 Å². The van der Waals surface area contributed by atoms with Crippen molar-refractivity contribution in [2.75, 3.05) is 17.3 Å². The zero-order valence-electron chi connectivity index (χ0n) is 16.9. The number of ketones is 1. The Morgan fingerprint density at radius 2 is 1.57 bits per heavy atom. The molecule has 1 heterocycles. The number of amides is 1. The van der Waals surface area contributed by atoms with Gasteiger partial charge in [-0.15, -0.1) is 0 Å². The highest BCUT2D eigenvalue weighted by Gasteiger charge is 2.24. The normalized spacial score (nSPS) is 11.8. The second kappa shape index (κ2) is 8.25. The summed E-state index contributed by atoms with van der Waals surface area (Å²) in [6.07, 6.45) is 1.77. The summed E-state index contributed by atoms with van der Waals surface area (Å²) in [6, 6.07) is 24.4. The molecule has 0 aliphatic heterocycles. The number of aromatic amines is 1. The largest absolute Gasteiger partial charge is 0.371 e. The van der Waals surface area contributed by atoms with Crippen LogP contribution in [0.25, 0.3) is 10.9 Å². The summed E-state index contributed by atoms with van der Waals surface area (Å²) >= 11 is 0. The zero-order valence-corrected chi connectivity index (χ0v) is 16.9. The summed E-state index contributed by atoms with van der Waals surface area (Å²) < 4.78 is 0. The predicted octanol–water partition coefficient (Wildman–Crippen LogP) is 5.19. The van der Waals surface area contributed by atoms with Crippen molar-refractivity contribution >= 4 is 34.0 Å². The van der Waals surface area contributed by atoms with Crippen molar-refractivity contribution in [2.45, 2.75) is 13.0 Å². The molecule has 150 valence electrons. The van der Waals surface area contributed by atoms with E-state index in [2.05, 4.69) is 10.3 Å². The predicted molar refractivity (Wildman–Crippen MR) is 121 cm³/mol. The van der Waals surface area contributed by atoms with E-state index < -0.39 is 6.04 Å². The van der Waals surface area contributed by atoms with Gasteiger partial charge in [-0.2, -0.15) is 0 Å². The lowest BCUT2D eigenvalue weighted by Crippen LogP contribution is -2.23. The molecule has 0 aliphatic rings. The number of fused-ring (bicyclic) bond motifs is 1. The van der Waals surface area contributed by atoms with Gasteiger partial charge in [0.1, 0.15) is 6.04 Å². The molecule has 1 unspecified atom stereocenters. The average Bonchev–Trinajstić information content (AvgIpc) is 3.22. The number of carbonyl (C=O) groups excluding carboxylic acids is 2. The van der Waals surface area contributed by atoms with Crippen LogP contribution in [0.4, 0.5) is 11.4 Å². The summed E-state index contributed by atoms with van der Waals surface area (Å²) in [5, 5.41) is 4.28. The highest BCUT2D eigenvalue weighted by atomic mass is 16.2. The minimum atomic E-state index is -0.540. The van der Waals surface area contributed by atoms with Crippen LogP contribution in [0.5, 0.6) is 0 Å². The summed E-state index contributed by atoms with van der Waals surface area (Å²) in [7, 11) is 1.73. The summed E-state index contributed by atoms with van der Waals surface area (Å²) in [4.78, 5) is 29.9. The van der Waals surface area contributed by atoms with Gasteiger partial charge in [-0.25, -0.2) is 0 Å². The van der Waals surface area contributed by atoms with Gasteiger partial charge in [0.15, 0.2) is 5.78 Å². The van der Waals surface area contributed by atoms with Crippen molar-refractivity contribution in [1.29, 1.82) is 0 Å². The first-order valence-corrected chi connectivity index (χ1v) is 9.81. The van der Waals surface area contributed by atoms with Crippen molar-refractivity contribution in [3.8, 4) is 0 Å². The van der Waals surface area contributed by atoms with Crippen LogP contribution in [0.3, 0.4) is 0 Å². The molecule has 0 saturated heterocycles. The third kappa shape index (κ3) is 3.82. The molecule has 1 amide bonds. The number of aromatic nitrogens is 1. The Morgan fingerprint density at radius 3 is 2.27 bits per heavy atom. The van der Waals surface area contributed by atoms with E-state index in [1.165, 1.54) is 6.92 Å². The molecule has 5 nitrogen and oxygen atoms in total. The fourth-order valence-electron chi connectivity index (χ4n) is 3.51. The molecule has 0 bridgehead atoms. The molecular formula is C25H23N3O2. The summed E-state index contributed by atoms with van der Waals surface area (Å²) in [5.74, 6) is -0.0454. The highest BCUT2D eigenvalue weighted by Crippen LogP contribution is 2.28. The molecule has 0 aliphatic carbocycles. The molecule has 0 fully saturated rings. The van der Waals surface area contributed by atoms with Crippen LogP contribution >= 0.6 is 0 Å². The Balaban J connectivity index is 1.67. The Bertz CT molecular complexity index is 1180. The number of hydrogen-bond donors (Lipinski definition) is 2. The van der Waals surface area contributed by atoms with E-state index in [4.69, 9.17) is 0 Å². The second-order valence-electron chi connectivity index (χ2n) is 7.23. The van der Waals surface area contributed by atoms with Crippen LogP contribution < -0.4 is 10.2 Å². The third-order valence-corrected chi connectivity index (χ3v) is 5.29. The Kier molecular flexibility index (Phi) is 5.35. The first-order chi connectivity index (χ1) is 14.5. The number of H-pyrrole nitrogens is 1. The quantitative estimate of drug-likeness (QED) is 0.440. The fourth-order valence-corrected chi connectivity index (χ4v) is 3.51. The molecular weight excluding hydrogens is 374 g/mol. The maximum absolute atomic E-state index is 13.6. The molecule has 1 atom stereocenters. The molecule has 30 heavy (non-hydrogen) atoms. The Hall–Kier alpha value is -3.86.